The van der Waals surface area contributed by atoms with E-state index in [1.54, 1.807) is 6.07 Å². The zero-order valence-electron chi connectivity index (χ0n) is 18.4. The van der Waals surface area contributed by atoms with Crippen LogP contribution >= 0.6 is 0 Å². The van der Waals surface area contributed by atoms with Gasteiger partial charge in [-0.3, -0.25) is 23.7 Å². The molecule has 2 aliphatic rings. The van der Waals surface area contributed by atoms with E-state index in [0.717, 1.165) is 46.2 Å². The Morgan fingerprint density at radius 3 is 2.53 bits per heavy atom. The quantitative estimate of drug-likeness (QED) is 0.436. The first-order chi connectivity index (χ1) is 16.4. The molecule has 0 atom stereocenters. The number of hydrogen-bond donors (Lipinski definition) is 2. The van der Waals surface area contributed by atoms with E-state index in [0.29, 0.717) is 29.8 Å². The minimum Gasteiger partial charge on any atom is -0.480 e. The number of fused-ring (bicyclic) bond motifs is 2. The van der Waals surface area contributed by atoms with Gasteiger partial charge in [-0.15, -0.1) is 0 Å². The second-order valence-corrected chi connectivity index (χ2v) is 8.61. The molecule has 1 aromatic carbocycles. The van der Waals surface area contributed by atoms with Gasteiger partial charge in [-0.1, -0.05) is 35.9 Å². The molecule has 0 saturated heterocycles. The molecule has 2 aliphatic carbocycles. The number of rotatable bonds is 6. The number of H-pyrrole nitrogens is 1. The lowest BCUT2D eigenvalue weighted by atomic mass is 9.84. The van der Waals surface area contributed by atoms with Gasteiger partial charge >= 0.3 is 17.1 Å². The van der Waals surface area contributed by atoms with E-state index in [1.807, 2.05) is 53.4 Å². The van der Waals surface area contributed by atoms with Gasteiger partial charge in [-0.25, -0.2) is 0 Å². The van der Waals surface area contributed by atoms with E-state index in [2.05, 4.69) is 4.98 Å². The predicted molar refractivity (Wildman–Crippen MR) is 127 cm³/mol. The van der Waals surface area contributed by atoms with E-state index in [4.69, 9.17) is 0 Å². The minimum absolute atomic E-state index is 0.0251. The number of aryl methyl sites for hydroxylation is 1. The topological polar surface area (TPSA) is 114 Å². The third kappa shape index (κ3) is 3.98. The van der Waals surface area contributed by atoms with Crippen LogP contribution in [0.2, 0.25) is 0 Å². The second-order valence-electron chi connectivity index (χ2n) is 8.61. The van der Waals surface area contributed by atoms with Gasteiger partial charge in [-0.05, 0) is 43.4 Å². The van der Waals surface area contributed by atoms with Crippen LogP contribution in [0.15, 0.2) is 70.0 Å². The molecule has 0 saturated carbocycles. The van der Waals surface area contributed by atoms with Gasteiger partial charge in [0.05, 0.1) is 5.69 Å². The highest BCUT2D eigenvalue weighted by Crippen LogP contribution is 2.39. The summed E-state index contributed by atoms with van der Waals surface area (Å²) < 4.78 is 2.97. The highest BCUT2D eigenvalue weighted by molar-refractivity contribution is 5.97. The SMILES string of the molecule is O=C(O)Cn1c2c([nH]c(=O)c1=O)CCC1=C2C=C(n2ccc(C(=O)Cc3ccccc3)c2)CC1. The van der Waals surface area contributed by atoms with E-state index in [-0.39, 0.29) is 5.78 Å². The maximum atomic E-state index is 12.7. The Labute approximate surface area is 194 Å². The second kappa shape index (κ2) is 8.62. The maximum absolute atomic E-state index is 12.7. The number of hydrogen-bond acceptors (Lipinski definition) is 4. The monoisotopic (exact) mass is 457 g/mol. The summed E-state index contributed by atoms with van der Waals surface area (Å²) in [5.41, 5.74) is 3.78. The number of aromatic amines is 1. The molecule has 3 aromatic rings. The molecule has 8 nitrogen and oxygen atoms in total. The third-order valence-electron chi connectivity index (χ3n) is 6.41. The van der Waals surface area contributed by atoms with Crippen LogP contribution in [0.1, 0.15) is 46.6 Å². The molecule has 172 valence electrons. The number of aliphatic carboxylic acids is 1. The molecule has 2 heterocycles. The molecule has 0 aliphatic heterocycles. The highest BCUT2D eigenvalue weighted by Gasteiger charge is 2.27. The molecule has 0 unspecified atom stereocenters. The van der Waals surface area contributed by atoms with Gasteiger partial charge in [0, 0.05) is 41.3 Å². The van der Waals surface area contributed by atoms with Gasteiger partial charge in [0.25, 0.3) is 0 Å². The number of carbonyl (C=O) groups is 2. The highest BCUT2D eigenvalue weighted by atomic mass is 16.4. The fourth-order valence-corrected chi connectivity index (χ4v) is 4.76. The van der Waals surface area contributed by atoms with Crippen LogP contribution in [0.3, 0.4) is 0 Å². The Hall–Kier alpha value is -4.20. The summed E-state index contributed by atoms with van der Waals surface area (Å²) in [6.45, 7) is -0.577. The Kier molecular flexibility index (Phi) is 5.49. The normalized spacial score (nSPS) is 14.9. The van der Waals surface area contributed by atoms with Crippen molar-refractivity contribution in [2.45, 2.75) is 38.6 Å². The lowest BCUT2D eigenvalue weighted by molar-refractivity contribution is -0.137. The van der Waals surface area contributed by atoms with Gasteiger partial charge < -0.3 is 14.7 Å². The number of nitrogens with one attached hydrogen (secondary N) is 1. The Morgan fingerprint density at radius 1 is 1.00 bits per heavy atom. The van der Waals surface area contributed by atoms with Crippen molar-refractivity contribution < 1.29 is 14.7 Å². The number of nitrogens with zero attached hydrogens (tertiary/aromatic N) is 2. The van der Waals surface area contributed by atoms with Crippen LogP contribution in [-0.4, -0.2) is 31.0 Å². The largest absolute Gasteiger partial charge is 0.480 e. The minimum atomic E-state index is -1.19. The van der Waals surface area contributed by atoms with E-state index < -0.39 is 23.6 Å². The van der Waals surface area contributed by atoms with E-state index in [9.17, 15) is 24.3 Å². The van der Waals surface area contributed by atoms with Gasteiger partial charge in [0.2, 0.25) is 0 Å². The molecule has 5 rings (SSSR count). The molecule has 2 N–H and O–H groups in total. The first-order valence-corrected chi connectivity index (χ1v) is 11.2. The van der Waals surface area contributed by atoms with Crippen LogP contribution < -0.4 is 11.1 Å². The number of aromatic nitrogens is 3. The average Bonchev–Trinajstić information content (AvgIpc) is 3.32. The van der Waals surface area contributed by atoms with Crippen LogP contribution in [0.4, 0.5) is 0 Å². The molecular formula is C26H23N3O5. The van der Waals surface area contributed by atoms with Crippen molar-refractivity contribution in [1.29, 1.82) is 0 Å². The summed E-state index contributed by atoms with van der Waals surface area (Å²) in [5.74, 6) is -1.16. The summed E-state index contributed by atoms with van der Waals surface area (Å²) in [6, 6.07) is 11.4. The van der Waals surface area contributed by atoms with Crippen LogP contribution in [0.25, 0.3) is 11.3 Å². The molecule has 0 radical (unpaired) electrons. The van der Waals surface area contributed by atoms with Crippen molar-refractivity contribution in [3.05, 3.63) is 104 Å². The standard InChI is InChI=1S/C26H23N3O5/c30-22(12-16-4-2-1-3-5-16)18-10-11-28(14-18)19-8-6-17-7-9-21-24(20(17)13-19)29(15-23(31)32)26(34)25(33)27-21/h1-5,10-11,13-14H,6-9,12,15H2,(H,27,33)(H,31,32). The van der Waals surface area contributed by atoms with E-state index >= 15 is 0 Å². The number of ketones is 1. The Balaban J connectivity index is 1.50. The number of Topliss-reactive ketones (excluding diaryl/α,β-unsaturated/α-hetero) is 1. The molecule has 34 heavy (non-hydrogen) atoms. The van der Waals surface area contributed by atoms with Crippen molar-refractivity contribution >= 4 is 23.0 Å². The van der Waals surface area contributed by atoms with Crippen LogP contribution in [0.5, 0.6) is 0 Å². The fraction of sp³-hybridized carbons (Fsp3) is 0.231. The summed E-state index contributed by atoms with van der Waals surface area (Å²) in [5, 5.41) is 9.33. The van der Waals surface area contributed by atoms with Crippen molar-refractivity contribution in [3.8, 4) is 0 Å². The zero-order valence-corrected chi connectivity index (χ0v) is 18.4. The smallest absolute Gasteiger partial charge is 0.323 e. The molecule has 0 fully saturated rings. The predicted octanol–water partition coefficient (Wildman–Crippen LogP) is 2.88. The van der Waals surface area contributed by atoms with Crippen molar-refractivity contribution in [1.82, 2.24) is 14.1 Å². The van der Waals surface area contributed by atoms with Gasteiger partial charge in [-0.2, -0.15) is 0 Å². The van der Waals surface area contributed by atoms with Crippen molar-refractivity contribution in [3.63, 3.8) is 0 Å². The first-order valence-electron chi connectivity index (χ1n) is 11.2. The Morgan fingerprint density at radius 2 is 1.76 bits per heavy atom. The zero-order chi connectivity index (χ0) is 23.8. The lowest BCUT2D eigenvalue weighted by Gasteiger charge is -2.28. The number of carboxylic acid groups (broad SMARTS) is 1. The summed E-state index contributed by atoms with van der Waals surface area (Å²) in [4.78, 5) is 51.4. The summed E-state index contributed by atoms with van der Waals surface area (Å²) >= 11 is 0. The van der Waals surface area contributed by atoms with Gasteiger partial charge in [0.15, 0.2) is 5.78 Å². The Bertz CT molecular complexity index is 1480. The number of carboxylic acids is 1. The summed E-state index contributed by atoms with van der Waals surface area (Å²) in [6.07, 6.45) is 8.71. The van der Waals surface area contributed by atoms with E-state index in [1.165, 1.54) is 0 Å². The fourth-order valence-electron chi connectivity index (χ4n) is 4.76. The first kappa shape index (κ1) is 21.6. The number of allylic oxidation sites excluding steroid dienone is 4. The molecule has 2 aromatic heterocycles. The lowest BCUT2D eigenvalue weighted by Crippen LogP contribution is -2.41. The molecule has 8 heteroatoms. The maximum Gasteiger partial charge on any atom is 0.323 e. The third-order valence-corrected chi connectivity index (χ3v) is 6.41. The van der Waals surface area contributed by atoms with Crippen LogP contribution in [0, 0.1) is 0 Å². The van der Waals surface area contributed by atoms with Crippen LogP contribution in [-0.2, 0) is 24.2 Å². The average molecular weight is 457 g/mol. The van der Waals surface area contributed by atoms with Crippen molar-refractivity contribution in [2.75, 3.05) is 0 Å². The summed E-state index contributed by atoms with van der Waals surface area (Å²) in [7, 11) is 0. The number of carbonyl (C=O) groups excluding carboxylic acids is 1. The number of benzene rings is 1. The van der Waals surface area contributed by atoms with Gasteiger partial charge in [0.1, 0.15) is 6.54 Å². The molecule has 0 amide bonds. The molecule has 0 bridgehead atoms. The molecule has 0 spiro atoms. The molecular weight excluding hydrogens is 434 g/mol. The van der Waals surface area contributed by atoms with Crippen molar-refractivity contribution in [2.24, 2.45) is 0 Å².